The molecule has 0 bridgehead atoms. The molecule has 0 spiro atoms. The Labute approximate surface area is 304 Å². The van der Waals surface area contributed by atoms with Crippen molar-refractivity contribution in [1.29, 1.82) is 0 Å². The molecule has 3 heterocycles. The fraction of sp³-hybridized carbons (Fsp3) is 0.0263. The maximum atomic E-state index is 13.6. The second-order valence-corrected chi connectivity index (χ2v) is 12.6. The highest BCUT2D eigenvalue weighted by atomic mass is 35.5. The molecule has 5 aromatic carbocycles. The number of rotatable bonds is 7. The lowest BCUT2D eigenvalue weighted by molar-refractivity contribution is -0.114. The summed E-state index contributed by atoms with van der Waals surface area (Å²) in [4.78, 5) is 41.4. The van der Waals surface area contributed by atoms with Crippen molar-refractivity contribution in [3.63, 3.8) is 0 Å². The summed E-state index contributed by atoms with van der Waals surface area (Å²) in [5, 5.41) is 40.1. The molecule has 1 aliphatic heterocycles. The Morgan fingerprint density at radius 3 is 2.31 bits per heavy atom. The van der Waals surface area contributed by atoms with Crippen LogP contribution in [0.4, 0.5) is 11.4 Å². The van der Waals surface area contributed by atoms with Gasteiger partial charge in [-0.25, -0.2) is 4.68 Å². The molecule has 0 fully saturated rings. The van der Waals surface area contributed by atoms with Crippen molar-refractivity contribution in [2.24, 2.45) is 10.2 Å². The fourth-order valence-electron chi connectivity index (χ4n) is 6.23. The van der Waals surface area contributed by atoms with E-state index >= 15 is 0 Å². The Balaban J connectivity index is 1.19. The second kappa shape index (κ2) is 12.9. The summed E-state index contributed by atoms with van der Waals surface area (Å²) in [6, 6.07) is 31.6. The number of phenolic OH excluding ortho intramolecular Hbond substituents is 1. The van der Waals surface area contributed by atoms with E-state index in [4.69, 9.17) is 23.2 Å². The second-order valence-electron chi connectivity index (χ2n) is 11.8. The van der Waals surface area contributed by atoms with E-state index in [2.05, 4.69) is 20.5 Å². The van der Waals surface area contributed by atoms with Gasteiger partial charge in [0.1, 0.15) is 17.6 Å². The van der Waals surface area contributed by atoms with Gasteiger partial charge in [0.15, 0.2) is 5.69 Å². The molecule has 254 valence electrons. The van der Waals surface area contributed by atoms with E-state index in [1.165, 1.54) is 32.3 Å². The van der Waals surface area contributed by atoms with Crippen LogP contribution >= 0.6 is 23.2 Å². The SMILES string of the molecule is O=C(N=Nc1c(O)n(C(c2ccc(Cl)cc2)N2C(=O)C(=O)c3ccccc32)c2ccc(Cl)cc12)c1ccc(-n2cc(-c3ccccc3)nn2)cc1O. The van der Waals surface area contributed by atoms with Crippen LogP contribution < -0.4 is 4.90 Å². The molecule has 2 amide bonds. The number of anilines is 1. The van der Waals surface area contributed by atoms with E-state index < -0.39 is 29.6 Å². The minimum Gasteiger partial charge on any atom is -0.507 e. The lowest BCUT2D eigenvalue weighted by Gasteiger charge is -2.31. The average molecular weight is 729 g/mol. The van der Waals surface area contributed by atoms with Crippen LogP contribution in [0, 0.1) is 0 Å². The largest absolute Gasteiger partial charge is 0.507 e. The standard InChI is InChI=1S/C38H23Cl2N7O5/c39-23-12-10-22(11-13-23)36(47-30-9-5-4-8-26(30)34(49)38(47)52)46-31-17-14-24(40)18-28(31)33(37(46)51)42-43-35(50)27-16-15-25(19-32(27)48)45-20-29(41-44-45)21-6-2-1-3-7-21/h1-20,36,48,51H. The van der Waals surface area contributed by atoms with Crippen molar-refractivity contribution in [2.45, 2.75) is 6.17 Å². The summed E-state index contributed by atoms with van der Waals surface area (Å²) >= 11 is 12.6. The van der Waals surface area contributed by atoms with Crippen LogP contribution in [0.2, 0.25) is 10.0 Å². The molecule has 7 aromatic rings. The number of phenols is 1. The Hall–Kier alpha value is -6.63. The summed E-state index contributed by atoms with van der Waals surface area (Å²) in [7, 11) is 0. The molecule has 0 saturated heterocycles. The van der Waals surface area contributed by atoms with E-state index in [0.29, 0.717) is 43.6 Å². The van der Waals surface area contributed by atoms with Crippen LogP contribution in [0.3, 0.4) is 0 Å². The number of Topliss-reactive ketones (excluding diaryl/α,β-unsaturated/α-hetero) is 1. The highest BCUT2D eigenvalue weighted by Crippen LogP contribution is 2.47. The monoisotopic (exact) mass is 727 g/mol. The number of hydrogen-bond acceptors (Lipinski definition) is 8. The number of carbonyl (C=O) groups is 3. The summed E-state index contributed by atoms with van der Waals surface area (Å²) < 4.78 is 2.87. The number of halogens is 2. The lowest BCUT2D eigenvalue weighted by atomic mass is 10.1. The topological polar surface area (TPSA) is 155 Å². The zero-order chi connectivity index (χ0) is 36.1. The van der Waals surface area contributed by atoms with Crippen molar-refractivity contribution in [1.82, 2.24) is 19.6 Å². The van der Waals surface area contributed by atoms with Gasteiger partial charge in [-0.2, -0.15) is 0 Å². The molecule has 0 aliphatic carbocycles. The van der Waals surface area contributed by atoms with Gasteiger partial charge in [0.2, 0.25) is 5.88 Å². The number of benzene rings is 5. The van der Waals surface area contributed by atoms with Crippen LogP contribution in [0.15, 0.2) is 132 Å². The van der Waals surface area contributed by atoms with Crippen LogP contribution in [0.5, 0.6) is 11.6 Å². The average Bonchev–Trinajstić information content (AvgIpc) is 3.82. The molecule has 0 radical (unpaired) electrons. The van der Waals surface area contributed by atoms with E-state index in [0.717, 1.165) is 5.56 Å². The number of aromatic nitrogens is 4. The van der Waals surface area contributed by atoms with E-state index in [-0.39, 0.29) is 22.6 Å². The summed E-state index contributed by atoms with van der Waals surface area (Å²) in [5.41, 5.74) is 3.05. The normalized spacial score (nSPS) is 13.3. The molecule has 2 N–H and O–H groups in total. The third-order valence-corrected chi connectivity index (χ3v) is 9.16. The number of ketones is 1. The summed E-state index contributed by atoms with van der Waals surface area (Å²) in [6.07, 6.45) is 0.577. The quantitative estimate of drug-likeness (QED) is 0.124. The molecule has 8 rings (SSSR count). The third kappa shape index (κ3) is 5.56. The number of azo groups is 1. The smallest absolute Gasteiger partial charge is 0.301 e. The van der Waals surface area contributed by atoms with Crippen molar-refractivity contribution < 1.29 is 24.6 Å². The van der Waals surface area contributed by atoms with Gasteiger partial charge in [-0.15, -0.1) is 15.3 Å². The zero-order valence-corrected chi connectivity index (χ0v) is 28.1. The molecule has 2 aromatic heterocycles. The Morgan fingerprint density at radius 2 is 1.54 bits per heavy atom. The number of amides is 2. The Bertz CT molecular complexity index is 2600. The highest BCUT2D eigenvalue weighted by Gasteiger charge is 2.42. The predicted octanol–water partition coefficient (Wildman–Crippen LogP) is 8.31. The van der Waals surface area contributed by atoms with Gasteiger partial charge in [-0.3, -0.25) is 23.9 Å². The maximum Gasteiger partial charge on any atom is 0.301 e. The van der Waals surface area contributed by atoms with Crippen molar-refractivity contribution in [3.05, 3.63) is 148 Å². The van der Waals surface area contributed by atoms with Crippen LogP contribution in [-0.2, 0) is 4.79 Å². The van der Waals surface area contributed by atoms with Crippen molar-refractivity contribution in [3.8, 4) is 28.6 Å². The first kappa shape index (κ1) is 32.6. The number of aromatic hydroxyl groups is 2. The Kier molecular flexibility index (Phi) is 8.09. The van der Waals surface area contributed by atoms with Gasteiger partial charge < -0.3 is 10.2 Å². The molecule has 14 heteroatoms. The summed E-state index contributed by atoms with van der Waals surface area (Å²) in [5.74, 6) is -3.27. The van der Waals surface area contributed by atoms with Gasteiger partial charge in [0.05, 0.1) is 34.2 Å². The molecule has 52 heavy (non-hydrogen) atoms. The van der Waals surface area contributed by atoms with Gasteiger partial charge in [-0.1, -0.05) is 83.0 Å². The van der Waals surface area contributed by atoms with E-state index in [1.807, 2.05) is 30.3 Å². The fourth-order valence-corrected chi connectivity index (χ4v) is 6.53. The zero-order valence-electron chi connectivity index (χ0n) is 26.6. The molecule has 12 nitrogen and oxygen atoms in total. The first-order valence-corrected chi connectivity index (χ1v) is 16.5. The first-order valence-electron chi connectivity index (χ1n) is 15.7. The number of nitrogens with zero attached hydrogens (tertiary/aromatic N) is 7. The molecule has 1 aliphatic rings. The van der Waals surface area contributed by atoms with Crippen LogP contribution in [0.25, 0.3) is 27.8 Å². The van der Waals surface area contributed by atoms with E-state index in [9.17, 15) is 24.6 Å². The van der Waals surface area contributed by atoms with Crippen LogP contribution in [-0.4, -0.2) is 47.4 Å². The first-order chi connectivity index (χ1) is 25.2. The van der Waals surface area contributed by atoms with Gasteiger partial charge in [0, 0.05) is 27.1 Å². The van der Waals surface area contributed by atoms with Gasteiger partial charge in [-0.05, 0) is 60.2 Å². The van der Waals surface area contributed by atoms with Gasteiger partial charge in [0.25, 0.3) is 11.7 Å². The highest BCUT2D eigenvalue weighted by molar-refractivity contribution is 6.52. The lowest BCUT2D eigenvalue weighted by Crippen LogP contribution is -2.37. The Morgan fingerprint density at radius 1 is 0.808 bits per heavy atom. The molecule has 1 unspecified atom stereocenters. The molecular weight excluding hydrogens is 705 g/mol. The molecule has 1 atom stereocenters. The number of fused-ring (bicyclic) bond motifs is 2. The number of para-hydroxylation sites is 1. The molecular formula is C38H23Cl2N7O5. The van der Waals surface area contributed by atoms with E-state index in [1.54, 1.807) is 72.9 Å². The van der Waals surface area contributed by atoms with Crippen molar-refractivity contribution in [2.75, 3.05) is 4.90 Å². The number of hydrogen-bond donors (Lipinski definition) is 2. The van der Waals surface area contributed by atoms with Gasteiger partial charge >= 0.3 is 5.91 Å². The van der Waals surface area contributed by atoms with Crippen molar-refractivity contribution >= 4 is 63.1 Å². The third-order valence-electron chi connectivity index (χ3n) is 8.67. The molecule has 0 saturated carbocycles. The predicted molar refractivity (Wildman–Crippen MR) is 194 cm³/mol. The van der Waals surface area contributed by atoms with Crippen LogP contribution in [0.1, 0.15) is 32.4 Å². The maximum absolute atomic E-state index is 13.6. The number of carbonyl (C=O) groups excluding carboxylic acids is 3. The minimum atomic E-state index is -1.11. The minimum absolute atomic E-state index is 0.136. The summed E-state index contributed by atoms with van der Waals surface area (Å²) in [6.45, 7) is 0.